The van der Waals surface area contributed by atoms with E-state index in [0.717, 1.165) is 61.1 Å². The number of nitrogens with zero attached hydrogens (tertiary/aromatic N) is 3. The summed E-state index contributed by atoms with van der Waals surface area (Å²) in [7, 11) is 0. The summed E-state index contributed by atoms with van der Waals surface area (Å²) >= 11 is 1.69. The molecular formula is C22H25FN4OS. The average molecular weight is 413 g/mol. The molecule has 4 rings (SSSR count). The van der Waals surface area contributed by atoms with Crippen molar-refractivity contribution >= 4 is 29.1 Å². The number of carbonyl (C=O) groups excluding carboxylic acids is 1. The van der Waals surface area contributed by atoms with Gasteiger partial charge in [0, 0.05) is 67.5 Å². The zero-order valence-electron chi connectivity index (χ0n) is 16.3. The molecule has 7 heteroatoms. The molecule has 0 aromatic heterocycles. The van der Waals surface area contributed by atoms with Crippen LogP contribution in [0.25, 0.3) is 0 Å². The molecule has 2 aromatic carbocycles. The van der Waals surface area contributed by atoms with Crippen molar-refractivity contribution in [2.75, 3.05) is 43.4 Å². The number of hydrogen-bond acceptors (Lipinski definition) is 5. The molecule has 0 unspecified atom stereocenters. The second-order valence-corrected chi connectivity index (χ2v) is 8.38. The van der Waals surface area contributed by atoms with Crippen LogP contribution in [0.2, 0.25) is 0 Å². The van der Waals surface area contributed by atoms with Crippen LogP contribution < -0.4 is 10.3 Å². The lowest BCUT2D eigenvalue weighted by Gasteiger charge is -2.36. The summed E-state index contributed by atoms with van der Waals surface area (Å²) in [6.45, 7) is 4.55. The number of thioether (sulfide) groups is 1. The Morgan fingerprint density at radius 3 is 2.69 bits per heavy atom. The molecule has 0 atom stereocenters. The SMILES string of the molecule is O=C(CCN1CCN(c2ccccc2)CC1)NN=C1CCSc2ccc(F)cc21. The maximum atomic E-state index is 13.6. The first kappa shape index (κ1) is 19.9. The van der Waals surface area contributed by atoms with E-state index in [0.29, 0.717) is 6.42 Å². The molecule has 0 radical (unpaired) electrons. The van der Waals surface area contributed by atoms with Gasteiger partial charge in [-0.1, -0.05) is 18.2 Å². The predicted molar refractivity (Wildman–Crippen MR) is 116 cm³/mol. The van der Waals surface area contributed by atoms with Crippen LogP contribution in [0.1, 0.15) is 18.4 Å². The summed E-state index contributed by atoms with van der Waals surface area (Å²) < 4.78 is 13.6. The van der Waals surface area contributed by atoms with E-state index in [1.54, 1.807) is 17.8 Å². The summed E-state index contributed by atoms with van der Waals surface area (Å²) in [5.74, 6) is 0.512. The van der Waals surface area contributed by atoms with Gasteiger partial charge < -0.3 is 4.90 Å². The molecule has 1 saturated heterocycles. The van der Waals surface area contributed by atoms with Crippen molar-refractivity contribution < 1.29 is 9.18 Å². The van der Waals surface area contributed by atoms with Gasteiger partial charge in [0.15, 0.2) is 0 Å². The Kier molecular flexibility index (Phi) is 6.46. The lowest BCUT2D eigenvalue weighted by molar-refractivity contribution is -0.121. The van der Waals surface area contributed by atoms with Gasteiger partial charge in [0.05, 0.1) is 5.71 Å². The van der Waals surface area contributed by atoms with E-state index in [-0.39, 0.29) is 11.7 Å². The Bertz CT molecular complexity index is 882. The molecular weight excluding hydrogens is 387 g/mol. The third-order valence-corrected chi connectivity index (χ3v) is 6.39. The number of amides is 1. The van der Waals surface area contributed by atoms with Crippen molar-refractivity contribution in [3.05, 3.63) is 59.9 Å². The normalized spacial score (nSPS) is 18.5. The maximum Gasteiger partial charge on any atom is 0.241 e. The number of rotatable bonds is 5. The van der Waals surface area contributed by atoms with Crippen molar-refractivity contribution in [1.82, 2.24) is 10.3 Å². The first-order chi connectivity index (χ1) is 14.2. The summed E-state index contributed by atoms with van der Waals surface area (Å²) in [6, 6.07) is 15.2. The van der Waals surface area contributed by atoms with Gasteiger partial charge >= 0.3 is 0 Å². The molecule has 0 saturated carbocycles. The number of nitrogens with one attached hydrogen (secondary N) is 1. The molecule has 0 bridgehead atoms. The smallest absolute Gasteiger partial charge is 0.241 e. The molecule has 1 N–H and O–H groups in total. The number of para-hydroxylation sites is 1. The molecule has 1 fully saturated rings. The molecule has 2 heterocycles. The number of benzene rings is 2. The second-order valence-electron chi connectivity index (χ2n) is 7.25. The number of halogens is 1. The van der Waals surface area contributed by atoms with Crippen LogP contribution in [0, 0.1) is 5.82 Å². The number of fused-ring (bicyclic) bond motifs is 1. The van der Waals surface area contributed by atoms with E-state index in [1.807, 2.05) is 6.07 Å². The van der Waals surface area contributed by atoms with E-state index in [9.17, 15) is 9.18 Å². The largest absolute Gasteiger partial charge is 0.369 e. The lowest BCUT2D eigenvalue weighted by Crippen LogP contribution is -2.47. The first-order valence-corrected chi connectivity index (χ1v) is 11.0. The molecule has 0 spiro atoms. The predicted octanol–water partition coefficient (Wildman–Crippen LogP) is 3.35. The molecule has 5 nitrogen and oxygen atoms in total. The van der Waals surface area contributed by atoms with Gasteiger partial charge in [0.1, 0.15) is 5.82 Å². The topological polar surface area (TPSA) is 47.9 Å². The Labute approximate surface area is 175 Å². The fourth-order valence-electron chi connectivity index (χ4n) is 3.68. The fourth-order valence-corrected chi connectivity index (χ4v) is 4.69. The summed E-state index contributed by atoms with van der Waals surface area (Å²) in [6.07, 6.45) is 1.13. The minimum Gasteiger partial charge on any atom is -0.369 e. The number of anilines is 1. The molecule has 2 aliphatic rings. The van der Waals surface area contributed by atoms with E-state index < -0.39 is 0 Å². The highest BCUT2D eigenvalue weighted by molar-refractivity contribution is 7.99. The van der Waals surface area contributed by atoms with Gasteiger partial charge in [-0.15, -0.1) is 11.8 Å². The van der Waals surface area contributed by atoms with Crippen LogP contribution in [0.15, 0.2) is 58.5 Å². The van der Waals surface area contributed by atoms with Crippen LogP contribution in [0.5, 0.6) is 0 Å². The zero-order valence-corrected chi connectivity index (χ0v) is 17.1. The van der Waals surface area contributed by atoms with Crippen molar-refractivity contribution in [3.63, 3.8) is 0 Å². The van der Waals surface area contributed by atoms with E-state index in [4.69, 9.17) is 0 Å². The van der Waals surface area contributed by atoms with Gasteiger partial charge in [0.25, 0.3) is 0 Å². The van der Waals surface area contributed by atoms with Crippen LogP contribution in [0.3, 0.4) is 0 Å². The highest BCUT2D eigenvalue weighted by atomic mass is 32.2. The van der Waals surface area contributed by atoms with Crippen molar-refractivity contribution in [3.8, 4) is 0 Å². The number of carbonyl (C=O) groups is 1. The molecule has 2 aliphatic heterocycles. The average Bonchev–Trinajstić information content (AvgIpc) is 2.77. The standard InChI is InChI=1S/C22H25FN4OS/c23-17-6-7-21-19(16-17)20(9-15-29-21)24-25-22(28)8-10-26-11-13-27(14-12-26)18-4-2-1-3-5-18/h1-7,16H,8-15H2,(H,25,28). The highest BCUT2D eigenvalue weighted by Crippen LogP contribution is 2.30. The summed E-state index contributed by atoms with van der Waals surface area (Å²) in [5, 5.41) is 4.29. The molecule has 0 aliphatic carbocycles. The van der Waals surface area contributed by atoms with Crippen LogP contribution in [-0.2, 0) is 4.79 Å². The molecule has 2 aromatic rings. The lowest BCUT2D eigenvalue weighted by atomic mass is 10.1. The third kappa shape index (κ3) is 5.16. The number of piperazine rings is 1. The van der Waals surface area contributed by atoms with Crippen LogP contribution >= 0.6 is 11.8 Å². The zero-order chi connectivity index (χ0) is 20.1. The Morgan fingerprint density at radius 1 is 1.10 bits per heavy atom. The van der Waals surface area contributed by atoms with E-state index >= 15 is 0 Å². The van der Waals surface area contributed by atoms with Crippen molar-refractivity contribution in [1.29, 1.82) is 0 Å². The number of hydrogen-bond donors (Lipinski definition) is 1. The third-order valence-electron chi connectivity index (χ3n) is 5.31. The Hall–Kier alpha value is -2.38. The van der Waals surface area contributed by atoms with Crippen molar-refractivity contribution in [2.45, 2.75) is 17.7 Å². The Morgan fingerprint density at radius 2 is 1.90 bits per heavy atom. The number of hydrazone groups is 1. The van der Waals surface area contributed by atoms with Crippen molar-refractivity contribution in [2.24, 2.45) is 5.10 Å². The van der Waals surface area contributed by atoms with Gasteiger partial charge in [-0.3, -0.25) is 9.69 Å². The quantitative estimate of drug-likeness (QED) is 0.765. The van der Waals surface area contributed by atoms with Gasteiger partial charge in [0.2, 0.25) is 5.91 Å². The summed E-state index contributed by atoms with van der Waals surface area (Å²) in [4.78, 5) is 18.0. The van der Waals surface area contributed by atoms with Gasteiger partial charge in [-0.25, -0.2) is 9.82 Å². The van der Waals surface area contributed by atoms with Crippen LogP contribution in [-0.4, -0.2) is 55.0 Å². The Balaban J connectivity index is 1.24. The molecule has 152 valence electrons. The van der Waals surface area contributed by atoms with Gasteiger partial charge in [-0.05, 0) is 30.3 Å². The van der Waals surface area contributed by atoms with Gasteiger partial charge in [-0.2, -0.15) is 5.10 Å². The molecule has 29 heavy (non-hydrogen) atoms. The highest BCUT2D eigenvalue weighted by Gasteiger charge is 2.19. The maximum absolute atomic E-state index is 13.6. The minimum absolute atomic E-state index is 0.0980. The summed E-state index contributed by atoms with van der Waals surface area (Å²) in [5.41, 5.74) is 5.46. The fraction of sp³-hybridized carbons (Fsp3) is 0.364. The minimum atomic E-state index is -0.278. The van der Waals surface area contributed by atoms with Crippen LogP contribution in [0.4, 0.5) is 10.1 Å². The molecule has 1 amide bonds. The van der Waals surface area contributed by atoms with E-state index in [1.165, 1.54) is 17.8 Å². The monoisotopic (exact) mass is 412 g/mol. The first-order valence-electron chi connectivity index (χ1n) is 9.99. The van der Waals surface area contributed by atoms with E-state index in [2.05, 4.69) is 44.6 Å². The second kappa shape index (κ2) is 9.41.